The number of para-hydroxylation sites is 1. The van der Waals surface area contributed by atoms with Crippen molar-refractivity contribution in [2.75, 3.05) is 16.8 Å². The number of benzene rings is 3. The summed E-state index contributed by atoms with van der Waals surface area (Å²) >= 11 is 0. The number of barbiturate groups is 1. The molecule has 0 radical (unpaired) electrons. The van der Waals surface area contributed by atoms with E-state index in [1.165, 1.54) is 6.08 Å². The highest BCUT2D eigenvalue weighted by Gasteiger charge is 2.36. The van der Waals surface area contributed by atoms with Gasteiger partial charge in [0, 0.05) is 5.69 Å². The van der Waals surface area contributed by atoms with Crippen molar-refractivity contribution < 1.29 is 23.9 Å². The maximum atomic E-state index is 13.1. The van der Waals surface area contributed by atoms with Crippen molar-refractivity contribution in [2.45, 2.75) is 20.8 Å². The number of hydrogen-bond donors (Lipinski definition) is 2. The van der Waals surface area contributed by atoms with E-state index in [1.54, 1.807) is 48.5 Å². The molecule has 1 saturated heterocycles. The van der Waals surface area contributed by atoms with Crippen LogP contribution < -0.4 is 20.3 Å². The highest BCUT2D eigenvalue weighted by molar-refractivity contribution is 6.39. The predicted molar refractivity (Wildman–Crippen MR) is 137 cm³/mol. The van der Waals surface area contributed by atoms with Crippen LogP contribution in [0.1, 0.15) is 22.3 Å². The number of ether oxygens (including phenoxy) is 1. The van der Waals surface area contributed by atoms with Crippen LogP contribution in [0.25, 0.3) is 6.08 Å². The fourth-order valence-corrected chi connectivity index (χ4v) is 3.67. The number of nitrogens with zero attached hydrogens (tertiary/aromatic N) is 1. The first-order chi connectivity index (χ1) is 17.2. The van der Waals surface area contributed by atoms with Crippen molar-refractivity contribution in [1.29, 1.82) is 0 Å². The van der Waals surface area contributed by atoms with Gasteiger partial charge in [-0.1, -0.05) is 36.4 Å². The second kappa shape index (κ2) is 10.3. The number of urea groups is 1. The van der Waals surface area contributed by atoms with E-state index in [0.717, 1.165) is 21.6 Å². The second-order valence-corrected chi connectivity index (χ2v) is 8.45. The molecule has 1 aliphatic heterocycles. The van der Waals surface area contributed by atoms with Crippen LogP contribution in [0.2, 0.25) is 0 Å². The summed E-state index contributed by atoms with van der Waals surface area (Å²) in [6.07, 6.45) is 1.39. The fourth-order valence-electron chi connectivity index (χ4n) is 3.67. The Hall–Kier alpha value is -4.72. The lowest BCUT2D eigenvalue weighted by atomic mass is 10.0. The van der Waals surface area contributed by atoms with Crippen LogP contribution in [0.4, 0.5) is 16.2 Å². The molecule has 0 spiro atoms. The molecule has 3 aromatic carbocycles. The average molecular weight is 484 g/mol. The molecule has 0 unspecified atom stereocenters. The molecular weight excluding hydrogens is 458 g/mol. The van der Waals surface area contributed by atoms with Gasteiger partial charge < -0.3 is 10.1 Å². The number of imide groups is 2. The van der Waals surface area contributed by atoms with Crippen LogP contribution in [0.15, 0.2) is 72.3 Å². The zero-order valence-electron chi connectivity index (χ0n) is 20.1. The monoisotopic (exact) mass is 483 g/mol. The fraction of sp³-hybridized carbons (Fsp3) is 0.143. The van der Waals surface area contributed by atoms with Gasteiger partial charge in [0.1, 0.15) is 11.3 Å². The highest BCUT2D eigenvalue weighted by atomic mass is 16.5. The van der Waals surface area contributed by atoms with Crippen molar-refractivity contribution in [3.8, 4) is 5.75 Å². The SMILES string of the molecule is Cc1ccc(N2C(=O)NC(=O)/C(=C/c3cccc(OCC(=O)Nc4ccccc4C)c3)C2=O)cc1C. The maximum Gasteiger partial charge on any atom is 0.335 e. The summed E-state index contributed by atoms with van der Waals surface area (Å²) in [5, 5.41) is 5.01. The van der Waals surface area contributed by atoms with Gasteiger partial charge in [0.25, 0.3) is 17.7 Å². The summed E-state index contributed by atoms with van der Waals surface area (Å²) in [6, 6.07) is 18.4. The van der Waals surface area contributed by atoms with Gasteiger partial charge >= 0.3 is 6.03 Å². The molecule has 0 aromatic heterocycles. The molecule has 3 aromatic rings. The number of nitrogens with one attached hydrogen (secondary N) is 2. The Labute approximate surface area is 208 Å². The van der Waals surface area contributed by atoms with E-state index in [1.807, 2.05) is 39.0 Å². The number of amides is 5. The van der Waals surface area contributed by atoms with Crippen molar-refractivity contribution in [3.05, 3.63) is 94.6 Å². The van der Waals surface area contributed by atoms with Crippen LogP contribution in [0, 0.1) is 20.8 Å². The van der Waals surface area contributed by atoms with Gasteiger partial charge in [-0.25, -0.2) is 9.69 Å². The van der Waals surface area contributed by atoms with Gasteiger partial charge in [0.2, 0.25) is 0 Å². The third-order valence-electron chi connectivity index (χ3n) is 5.81. The Kier molecular flexibility index (Phi) is 6.96. The number of hydrogen-bond acceptors (Lipinski definition) is 5. The molecule has 0 aliphatic carbocycles. The Morgan fingerprint density at radius 2 is 1.69 bits per heavy atom. The molecule has 2 N–H and O–H groups in total. The number of carbonyl (C=O) groups is 4. The lowest BCUT2D eigenvalue weighted by Crippen LogP contribution is -2.54. The summed E-state index contributed by atoms with van der Waals surface area (Å²) in [7, 11) is 0. The van der Waals surface area contributed by atoms with Crippen molar-refractivity contribution in [2.24, 2.45) is 0 Å². The Balaban J connectivity index is 1.50. The van der Waals surface area contributed by atoms with Gasteiger partial charge in [-0.2, -0.15) is 0 Å². The van der Waals surface area contributed by atoms with Crippen LogP contribution in [-0.4, -0.2) is 30.4 Å². The molecule has 1 fully saturated rings. The van der Waals surface area contributed by atoms with Crippen molar-refractivity contribution in [1.82, 2.24) is 5.32 Å². The van der Waals surface area contributed by atoms with Gasteiger partial charge in [-0.15, -0.1) is 0 Å². The number of aryl methyl sites for hydroxylation is 3. The van der Waals surface area contributed by atoms with Gasteiger partial charge in [0.05, 0.1) is 5.69 Å². The summed E-state index contributed by atoms with van der Waals surface area (Å²) < 4.78 is 5.60. The molecule has 0 saturated carbocycles. The second-order valence-electron chi connectivity index (χ2n) is 8.45. The molecule has 8 heteroatoms. The standard InChI is InChI=1S/C28H25N3O5/c1-17-11-12-21(13-19(17)3)31-27(34)23(26(33)30-28(31)35)15-20-8-6-9-22(14-20)36-16-25(32)29-24-10-5-4-7-18(24)2/h4-15H,16H2,1-3H3,(H,29,32)(H,30,33,35)/b23-15-. The molecule has 0 atom stereocenters. The van der Waals surface area contributed by atoms with Crippen LogP contribution >= 0.6 is 0 Å². The minimum atomic E-state index is -0.804. The number of carbonyl (C=O) groups excluding carboxylic acids is 4. The minimum Gasteiger partial charge on any atom is -0.484 e. The minimum absolute atomic E-state index is 0.192. The lowest BCUT2D eigenvalue weighted by molar-refractivity contribution is -0.122. The topological polar surface area (TPSA) is 105 Å². The molecule has 1 heterocycles. The van der Waals surface area contributed by atoms with Gasteiger partial charge in [-0.05, 0) is 79.4 Å². The summed E-state index contributed by atoms with van der Waals surface area (Å²) in [4.78, 5) is 51.3. The van der Waals surface area contributed by atoms with Gasteiger partial charge in [-0.3, -0.25) is 19.7 Å². The molecule has 0 bridgehead atoms. The summed E-state index contributed by atoms with van der Waals surface area (Å²) in [5.41, 5.74) is 4.24. The third-order valence-corrected chi connectivity index (χ3v) is 5.81. The average Bonchev–Trinajstić information content (AvgIpc) is 2.84. The Bertz CT molecular complexity index is 1410. The quantitative estimate of drug-likeness (QED) is 0.402. The van der Waals surface area contributed by atoms with E-state index in [-0.39, 0.29) is 18.1 Å². The first-order valence-corrected chi connectivity index (χ1v) is 11.3. The van der Waals surface area contributed by atoms with Crippen molar-refractivity contribution >= 4 is 41.2 Å². The van der Waals surface area contributed by atoms with E-state index in [2.05, 4.69) is 10.6 Å². The largest absolute Gasteiger partial charge is 0.484 e. The van der Waals surface area contributed by atoms with E-state index in [0.29, 0.717) is 22.7 Å². The van der Waals surface area contributed by atoms with E-state index in [9.17, 15) is 19.2 Å². The maximum absolute atomic E-state index is 13.1. The molecule has 5 amide bonds. The third kappa shape index (κ3) is 5.33. The highest BCUT2D eigenvalue weighted by Crippen LogP contribution is 2.25. The number of rotatable bonds is 6. The molecule has 1 aliphatic rings. The first-order valence-electron chi connectivity index (χ1n) is 11.3. The summed E-state index contributed by atoms with van der Waals surface area (Å²) in [6.45, 7) is 5.47. The van der Waals surface area contributed by atoms with Crippen LogP contribution in [0.3, 0.4) is 0 Å². The Morgan fingerprint density at radius 3 is 2.44 bits per heavy atom. The molecule has 36 heavy (non-hydrogen) atoms. The molecule has 182 valence electrons. The summed E-state index contributed by atoms with van der Waals surface area (Å²) in [5.74, 6) is -1.45. The molecule has 4 rings (SSSR count). The van der Waals surface area contributed by atoms with Crippen LogP contribution in [-0.2, 0) is 14.4 Å². The Morgan fingerprint density at radius 1 is 0.917 bits per heavy atom. The molecule has 8 nitrogen and oxygen atoms in total. The van der Waals surface area contributed by atoms with Crippen LogP contribution in [0.5, 0.6) is 5.75 Å². The predicted octanol–water partition coefficient (Wildman–Crippen LogP) is 4.30. The van der Waals surface area contributed by atoms with Gasteiger partial charge in [0.15, 0.2) is 6.61 Å². The zero-order chi connectivity index (χ0) is 25.8. The van der Waals surface area contributed by atoms with E-state index in [4.69, 9.17) is 4.74 Å². The van der Waals surface area contributed by atoms with E-state index >= 15 is 0 Å². The van der Waals surface area contributed by atoms with Crippen molar-refractivity contribution in [3.63, 3.8) is 0 Å². The normalized spacial score (nSPS) is 14.6. The number of anilines is 2. The zero-order valence-corrected chi connectivity index (χ0v) is 20.1. The first kappa shape index (κ1) is 24.4. The van der Waals surface area contributed by atoms with E-state index < -0.39 is 17.8 Å². The lowest BCUT2D eigenvalue weighted by Gasteiger charge is -2.26. The smallest absolute Gasteiger partial charge is 0.335 e. The molecular formula is C28H25N3O5.